The summed E-state index contributed by atoms with van der Waals surface area (Å²) in [5.74, 6) is -1.83. The van der Waals surface area contributed by atoms with Crippen molar-refractivity contribution < 1.29 is 26.0 Å². The SMILES string of the molecule is CC(C)C(=O)CNS(=O)(=O)c1cc(S(C)(=O)=O)ccc1F. The first kappa shape index (κ1) is 17.7. The predicted octanol–water partition coefficient (Wildman–Crippen LogP) is 0.733. The molecule has 118 valence electrons. The lowest BCUT2D eigenvalue weighted by Crippen LogP contribution is -2.32. The Kier molecular flexibility index (Phi) is 5.24. The van der Waals surface area contributed by atoms with E-state index in [4.69, 9.17) is 0 Å². The second-order valence-electron chi connectivity index (χ2n) is 4.81. The summed E-state index contributed by atoms with van der Waals surface area (Å²) in [6, 6.07) is 2.46. The van der Waals surface area contributed by atoms with Gasteiger partial charge in [0.15, 0.2) is 9.84 Å². The van der Waals surface area contributed by atoms with Crippen LogP contribution in [0, 0.1) is 11.7 Å². The van der Waals surface area contributed by atoms with Crippen LogP contribution < -0.4 is 4.72 Å². The highest BCUT2D eigenvalue weighted by atomic mass is 32.2. The molecular weight excluding hydrogens is 321 g/mol. The summed E-state index contributed by atoms with van der Waals surface area (Å²) in [5, 5.41) is 0. The lowest BCUT2D eigenvalue weighted by Gasteiger charge is -2.09. The molecule has 0 aliphatic carbocycles. The predicted molar refractivity (Wildman–Crippen MR) is 74.5 cm³/mol. The van der Waals surface area contributed by atoms with Gasteiger partial charge in [-0.2, -0.15) is 0 Å². The van der Waals surface area contributed by atoms with Gasteiger partial charge in [-0.1, -0.05) is 13.8 Å². The second kappa shape index (κ2) is 6.20. The van der Waals surface area contributed by atoms with Crippen LogP contribution in [0.4, 0.5) is 4.39 Å². The fourth-order valence-corrected chi connectivity index (χ4v) is 3.18. The fourth-order valence-electron chi connectivity index (χ4n) is 1.37. The van der Waals surface area contributed by atoms with E-state index in [9.17, 15) is 26.0 Å². The monoisotopic (exact) mass is 337 g/mol. The number of carbonyl (C=O) groups excluding carboxylic acids is 1. The number of ketones is 1. The van der Waals surface area contributed by atoms with Gasteiger partial charge < -0.3 is 0 Å². The molecule has 1 aromatic carbocycles. The summed E-state index contributed by atoms with van der Waals surface area (Å²) in [6.45, 7) is 2.71. The molecule has 0 unspecified atom stereocenters. The maximum Gasteiger partial charge on any atom is 0.243 e. The Balaban J connectivity index is 3.17. The van der Waals surface area contributed by atoms with Gasteiger partial charge in [-0.15, -0.1) is 0 Å². The first-order chi connectivity index (χ1) is 9.45. The zero-order valence-electron chi connectivity index (χ0n) is 11.8. The molecule has 0 heterocycles. The van der Waals surface area contributed by atoms with Crippen LogP contribution in [0.2, 0.25) is 0 Å². The molecule has 0 fully saturated rings. The van der Waals surface area contributed by atoms with Gasteiger partial charge in [0.05, 0.1) is 11.4 Å². The summed E-state index contributed by atoms with van der Waals surface area (Å²) < 4.78 is 62.3. The van der Waals surface area contributed by atoms with E-state index in [0.717, 1.165) is 24.5 Å². The van der Waals surface area contributed by atoms with E-state index in [1.54, 1.807) is 13.8 Å². The van der Waals surface area contributed by atoms with E-state index in [0.29, 0.717) is 0 Å². The minimum absolute atomic E-state index is 0.320. The van der Waals surface area contributed by atoms with Gasteiger partial charge in [0, 0.05) is 12.2 Å². The number of sulfonamides is 1. The molecule has 0 spiro atoms. The summed E-state index contributed by atoms with van der Waals surface area (Å²) >= 11 is 0. The van der Waals surface area contributed by atoms with E-state index in [2.05, 4.69) is 0 Å². The summed E-state index contributed by atoms with van der Waals surface area (Å²) in [4.78, 5) is 10.3. The van der Waals surface area contributed by atoms with Gasteiger partial charge in [0.2, 0.25) is 10.0 Å². The van der Waals surface area contributed by atoms with Gasteiger partial charge in [-0.3, -0.25) is 4.79 Å². The van der Waals surface area contributed by atoms with Gasteiger partial charge in [0.1, 0.15) is 16.5 Å². The number of carbonyl (C=O) groups is 1. The minimum atomic E-state index is -4.31. The highest BCUT2D eigenvalue weighted by Crippen LogP contribution is 2.19. The Bertz CT molecular complexity index is 754. The Labute approximate surface area is 123 Å². The van der Waals surface area contributed by atoms with Crippen LogP contribution in [0.3, 0.4) is 0 Å². The average Bonchev–Trinajstić information content (AvgIpc) is 2.34. The van der Waals surface area contributed by atoms with Gasteiger partial charge in [0.25, 0.3) is 0 Å². The zero-order chi connectivity index (χ0) is 16.4. The van der Waals surface area contributed by atoms with Crippen LogP contribution in [0.25, 0.3) is 0 Å². The lowest BCUT2D eigenvalue weighted by atomic mass is 10.1. The maximum absolute atomic E-state index is 13.6. The third kappa shape index (κ3) is 4.58. The van der Waals surface area contributed by atoms with E-state index in [-0.39, 0.29) is 16.6 Å². The van der Waals surface area contributed by atoms with Crippen molar-refractivity contribution in [2.24, 2.45) is 5.92 Å². The van der Waals surface area contributed by atoms with Crippen LogP contribution in [0.5, 0.6) is 0 Å². The smallest absolute Gasteiger partial charge is 0.243 e. The molecule has 21 heavy (non-hydrogen) atoms. The lowest BCUT2D eigenvalue weighted by molar-refractivity contribution is -0.120. The minimum Gasteiger partial charge on any atom is -0.298 e. The largest absolute Gasteiger partial charge is 0.298 e. The highest BCUT2D eigenvalue weighted by Gasteiger charge is 2.23. The van der Waals surface area contributed by atoms with Crippen molar-refractivity contribution in [3.63, 3.8) is 0 Å². The van der Waals surface area contributed by atoms with E-state index < -0.39 is 37.1 Å². The van der Waals surface area contributed by atoms with Crippen LogP contribution in [-0.2, 0) is 24.7 Å². The zero-order valence-corrected chi connectivity index (χ0v) is 13.4. The Hall–Kier alpha value is -1.32. The van der Waals surface area contributed by atoms with Gasteiger partial charge >= 0.3 is 0 Å². The van der Waals surface area contributed by atoms with E-state index in [1.165, 1.54) is 0 Å². The normalized spacial score (nSPS) is 12.6. The molecule has 0 aliphatic heterocycles. The first-order valence-corrected chi connectivity index (χ1v) is 9.34. The van der Waals surface area contributed by atoms with Crippen LogP contribution >= 0.6 is 0 Å². The van der Waals surface area contributed by atoms with Crippen LogP contribution in [0.15, 0.2) is 28.0 Å². The van der Waals surface area contributed by atoms with E-state index >= 15 is 0 Å². The maximum atomic E-state index is 13.6. The van der Waals surface area contributed by atoms with Crippen molar-refractivity contribution in [1.29, 1.82) is 0 Å². The molecule has 0 amide bonds. The molecule has 0 saturated heterocycles. The number of halogens is 1. The molecule has 0 aromatic heterocycles. The summed E-state index contributed by atoms with van der Waals surface area (Å²) in [7, 11) is -7.99. The molecule has 0 saturated carbocycles. The van der Waals surface area contributed by atoms with Crippen molar-refractivity contribution in [2.45, 2.75) is 23.6 Å². The molecule has 1 N–H and O–H groups in total. The molecule has 6 nitrogen and oxygen atoms in total. The van der Waals surface area contributed by atoms with Gasteiger partial charge in [-0.05, 0) is 18.2 Å². The average molecular weight is 337 g/mol. The Morgan fingerprint density at radius 3 is 2.29 bits per heavy atom. The van der Waals surface area contributed by atoms with Gasteiger partial charge in [-0.25, -0.2) is 25.9 Å². The standard InChI is InChI=1S/C12H16FNO5S2/c1-8(2)11(15)7-14-21(18,19)12-6-9(20(3,16)17)4-5-10(12)13/h4-6,8,14H,7H2,1-3H3. The molecule has 1 aromatic rings. The van der Waals surface area contributed by atoms with Crippen molar-refractivity contribution in [3.05, 3.63) is 24.0 Å². The first-order valence-electron chi connectivity index (χ1n) is 5.97. The van der Waals surface area contributed by atoms with E-state index in [1.807, 2.05) is 4.72 Å². The Morgan fingerprint density at radius 1 is 1.24 bits per heavy atom. The number of nitrogens with one attached hydrogen (secondary N) is 1. The molecule has 1 rings (SSSR count). The fraction of sp³-hybridized carbons (Fsp3) is 0.417. The second-order valence-corrected chi connectivity index (χ2v) is 8.56. The topological polar surface area (TPSA) is 97.4 Å². The van der Waals surface area contributed by atoms with Crippen molar-refractivity contribution in [2.75, 3.05) is 12.8 Å². The molecule has 0 bridgehead atoms. The third-order valence-electron chi connectivity index (χ3n) is 2.70. The summed E-state index contributed by atoms with van der Waals surface area (Å²) in [5.41, 5.74) is 0. The number of rotatable bonds is 6. The third-order valence-corrected chi connectivity index (χ3v) is 5.23. The number of sulfone groups is 1. The molecular formula is C12H16FNO5S2. The van der Waals surface area contributed by atoms with Crippen molar-refractivity contribution >= 4 is 25.6 Å². The Morgan fingerprint density at radius 2 is 1.81 bits per heavy atom. The van der Waals surface area contributed by atoms with Crippen molar-refractivity contribution in [3.8, 4) is 0 Å². The molecule has 0 aliphatic rings. The molecule has 0 atom stereocenters. The number of hydrogen-bond acceptors (Lipinski definition) is 5. The quantitative estimate of drug-likeness (QED) is 0.772. The number of Topliss-reactive ketones (excluding diaryl/α,β-unsaturated/α-hetero) is 1. The molecule has 9 heteroatoms. The highest BCUT2D eigenvalue weighted by molar-refractivity contribution is 7.91. The summed E-state index contributed by atoms with van der Waals surface area (Å²) in [6.07, 6.45) is 0.881. The number of hydrogen-bond donors (Lipinski definition) is 1. The van der Waals surface area contributed by atoms with Crippen LogP contribution in [-0.4, -0.2) is 35.4 Å². The van der Waals surface area contributed by atoms with Crippen LogP contribution in [0.1, 0.15) is 13.8 Å². The number of benzene rings is 1. The van der Waals surface area contributed by atoms with Crippen molar-refractivity contribution in [1.82, 2.24) is 4.72 Å². The molecule has 0 radical (unpaired) electrons.